The number of ether oxygens (including phenoxy) is 5. The van der Waals surface area contributed by atoms with E-state index in [1.165, 1.54) is 87.3 Å². The predicted octanol–water partition coefficient (Wildman–Crippen LogP) is 16.7. The van der Waals surface area contributed by atoms with Gasteiger partial charge in [0.05, 0.1) is 64.6 Å². The molecule has 4 aromatic carbocycles. The zero-order valence-corrected chi connectivity index (χ0v) is 61.5. The highest BCUT2D eigenvalue weighted by Crippen LogP contribution is 2.50. The molecule has 16 nitrogen and oxygen atoms in total. The van der Waals surface area contributed by atoms with E-state index in [4.69, 9.17) is 23.7 Å². The lowest BCUT2D eigenvalue weighted by molar-refractivity contribution is -0.671. The van der Waals surface area contributed by atoms with Crippen LogP contribution in [0.5, 0.6) is 0 Å². The van der Waals surface area contributed by atoms with Crippen molar-refractivity contribution in [2.24, 2.45) is 21.1 Å². The van der Waals surface area contributed by atoms with Crippen LogP contribution in [0.15, 0.2) is 132 Å². The first-order valence-electron chi connectivity index (χ1n) is 32.7. The number of carbonyl (C=O) groups is 4. The Morgan fingerprint density at radius 1 is 0.357 bits per heavy atom. The largest absolute Gasteiger partial charge is 0.463 e. The molecule has 0 amide bonds. The molecular weight excluding hydrogens is 1590 g/mol. The molecule has 3 aliphatic rings. The number of aryl methyl sites for hydroxylation is 3. The number of esters is 4. The van der Waals surface area contributed by atoms with Crippen molar-refractivity contribution in [3.8, 4) is 44.5 Å². The summed E-state index contributed by atoms with van der Waals surface area (Å²) in [5.74, 6) is -39.4. The number of benzene rings is 4. The number of carbonyl (C=O) groups excluding carboxylic acids is 4. The van der Waals surface area contributed by atoms with Gasteiger partial charge in [0.2, 0.25) is 0 Å². The molecule has 112 heavy (non-hydrogen) atoms. The zero-order chi connectivity index (χ0) is 80.5. The summed E-state index contributed by atoms with van der Waals surface area (Å²) in [4.78, 5) is 58.7. The van der Waals surface area contributed by atoms with E-state index >= 15 is 70.2 Å². The minimum atomic E-state index is -2.40. The van der Waals surface area contributed by atoms with E-state index in [0.717, 1.165) is 76.3 Å². The van der Waals surface area contributed by atoms with Gasteiger partial charge in [0.25, 0.3) is 0 Å². The average Bonchev–Trinajstić information content (AvgIpc) is 1.55. The number of H-pyrrole nitrogens is 2. The number of nitrogens with zero attached hydrogens (tertiary/aromatic N) is 5. The van der Waals surface area contributed by atoms with E-state index in [-0.39, 0.29) is 61.7 Å². The van der Waals surface area contributed by atoms with Gasteiger partial charge in [-0.2, -0.15) is 0 Å². The van der Waals surface area contributed by atoms with Crippen LogP contribution in [0.3, 0.4) is 0 Å². The van der Waals surface area contributed by atoms with Crippen molar-refractivity contribution in [2.45, 2.75) is 91.8 Å². The van der Waals surface area contributed by atoms with Crippen LogP contribution >= 0.6 is 47.0 Å². The van der Waals surface area contributed by atoms with Crippen LogP contribution < -0.4 is 13.7 Å². The fourth-order valence-corrected chi connectivity index (χ4v) is 16.1. The Hall–Kier alpha value is -11.0. The van der Waals surface area contributed by atoms with Crippen LogP contribution in [0, 0.1) is 93.1 Å². The lowest BCUT2D eigenvalue weighted by Crippen LogP contribution is -2.61. The van der Waals surface area contributed by atoms with Crippen molar-refractivity contribution in [3.63, 3.8) is 0 Å². The topological polar surface area (TPSA) is 183 Å². The molecule has 0 saturated carbocycles. The van der Waals surface area contributed by atoms with Crippen LogP contribution in [0.2, 0.25) is 0 Å². The van der Waals surface area contributed by atoms with E-state index in [0.29, 0.717) is 0 Å². The monoisotopic (exact) mass is 1640 g/mol. The first-order chi connectivity index (χ1) is 53.2. The standard InChI is InChI=1S/C76H50F16N7O9S4/c1-29(100)104-28-44-69(105-30(2)101)70(106-31(3)102)71(107-32(4)103)76(108-44)112-75-67(91)59(83)52(60(84)68(75)92)48-42-14-12-40(95-42)46(50-55(79)63(87)73(64(88)56(50)80)110-34-18-24-98(6)25-19-34)38-10-8-36(93-38)45(49-53(77)61(85)72(62(86)54(49)78)109-33-16-22-97(5)23-17-33)37-9-11-39(94-37)47(41-13-15-43(48)96-41)51-57(81)65(89)74(66(90)58(51)82)111-35-20-26-99(7)27-21-35/h8-27,44,69-71,76,93,96H,28H2,1-7H3/q+3/t44-,69-,70+,71-,76+/m1/s1. The molecule has 0 spiro atoms. The minimum absolute atomic E-state index is 0.0384. The van der Waals surface area contributed by atoms with Crippen LogP contribution in [-0.2, 0) is 64.0 Å². The summed E-state index contributed by atoms with van der Waals surface area (Å²) in [7, 11) is 4.76. The Kier molecular flexibility index (Phi) is 22.4. The summed E-state index contributed by atoms with van der Waals surface area (Å²) >= 11 is 0.393. The first-order valence-corrected chi connectivity index (χ1v) is 36.0. The Bertz CT molecular complexity index is 5650. The van der Waals surface area contributed by atoms with Crippen molar-refractivity contribution in [3.05, 3.63) is 214 Å². The SMILES string of the molecule is CC(=O)OC[C@H]1O[C@@H](Sc2c(F)c(F)c(-c3c4nc(c(-c5c(F)c(F)c(Sc6cc[n+](C)cc6)c(F)c5F)c5ccc([nH]5)c(-c5c(F)c(F)c(Sc6cc[n+](C)cc6)c(F)c5F)c5nc(c(-c6c(F)c(F)c(Sc7cc[n+](C)cc7)c(F)c6F)c6ccc3[nH]6)C=C5)C=C4)c(F)c2F)[C@H](OC(C)=O)[C@@H](OC(C)=O)[C@@H]1OC(C)=O. The maximum absolute atomic E-state index is 18.0. The molecule has 36 heteroatoms. The van der Waals surface area contributed by atoms with Gasteiger partial charge in [0.15, 0.2) is 149 Å². The molecule has 13 rings (SSSR count). The van der Waals surface area contributed by atoms with Crippen LogP contribution in [0.25, 0.3) is 90.9 Å². The summed E-state index contributed by atoms with van der Waals surface area (Å²) in [5.41, 5.74) is -20.4. The number of rotatable bonds is 17. The van der Waals surface area contributed by atoms with Crippen molar-refractivity contribution >= 4 is 117 Å². The van der Waals surface area contributed by atoms with Gasteiger partial charge in [-0.3, -0.25) is 19.2 Å². The number of aromatic amines is 2. The molecule has 0 radical (unpaired) electrons. The highest BCUT2D eigenvalue weighted by atomic mass is 32.2. The number of halogens is 16. The van der Waals surface area contributed by atoms with Gasteiger partial charge < -0.3 is 33.7 Å². The third-order valence-electron chi connectivity index (χ3n) is 17.3. The van der Waals surface area contributed by atoms with Gasteiger partial charge in [-0.25, -0.2) is 93.9 Å². The summed E-state index contributed by atoms with van der Waals surface area (Å²) in [5, 5.41) is 0. The van der Waals surface area contributed by atoms with Crippen molar-refractivity contribution < 1.29 is 127 Å². The average molecular weight is 1640 g/mol. The van der Waals surface area contributed by atoms with Crippen LogP contribution in [0.4, 0.5) is 70.2 Å². The predicted molar refractivity (Wildman–Crippen MR) is 373 cm³/mol. The fourth-order valence-electron chi connectivity index (χ4n) is 12.4. The summed E-state index contributed by atoms with van der Waals surface area (Å²) < 4.78 is 310. The smallest absolute Gasteiger partial charge is 0.303 e. The van der Waals surface area contributed by atoms with Gasteiger partial charge in [0.1, 0.15) is 39.3 Å². The number of nitrogens with one attached hydrogen (secondary N) is 2. The van der Waals surface area contributed by atoms with Crippen molar-refractivity contribution in [1.29, 1.82) is 0 Å². The second-order valence-electron chi connectivity index (χ2n) is 24.9. The summed E-state index contributed by atoms with van der Waals surface area (Å²) in [6, 6.07) is 11.2. The number of aromatic nitrogens is 7. The Balaban J connectivity index is 1.13. The normalized spacial score (nSPS) is 15.9. The Morgan fingerprint density at radius 3 is 0.884 bits per heavy atom. The molecule has 9 heterocycles. The lowest BCUT2D eigenvalue weighted by atomic mass is 9.99. The molecule has 6 aromatic heterocycles. The molecule has 8 bridgehead atoms. The Morgan fingerprint density at radius 2 is 0.616 bits per heavy atom. The van der Waals surface area contributed by atoms with Crippen molar-refractivity contribution in [1.82, 2.24) is 19.9 Å². The third-order valence-corrected chi connectivity index (χ3v) is 21.7. The number of hydrogen-bond acceptors (Lipinski definition) is 15. The van der Waals surface area contributed by atoms with Gasteiger partial charge in [-0.15, -0.1) is 0 Å². The van der Waals surface area contributed by atoms with Crippen LogP contribution in [-0.4, -0.2) is 80.3 Å². The van der Waals surface area contributed by atoms with Gasteiger partial charge in [-0.1, -0.05) is 47.0 Å². The van der Waals surface area contributed by atoms with E-state index in [1.807, 2.05) is 0 Å². The van der Waals surface area contributed by atoms with Gasteiger partial charge >= 0.3 is 23.9 Å². The lowest BCUT2D eigenvalue weighted by Gasteiger charge is -2.44. The second-order valence-corrected chi connectivity index (χ2v) is 29.3. The van der Waals surface area contributed by atoms with E-state index in [2.05, 4.69) is 19.9 Å². The van der Waals surface area contributed by atoms with E-state index < -0.39 is 262 Å². The number of thioether (sulfide) groups is 1. The molecule has 5 atom stereocenters. The number of pyridine rings is 3. The third kappa shape index (κ3) is 15.0. The summed E-state index contributed by atoms with van der Waals surface area (Å²) in [6.45, 7) is 2.55. The molecule has 0 aliphatic carbocycles. The van der Waals surface area contributed by atoms with Crippen LogP contribution in [0.1, 0.15) is 50.5 Å². The number of fused-ring (bicyclic) bond motifs is 8. The van der Waals surface area contributed by atoms with Crippen molar-refractivity contribution in [2.75, 3.05) is 6.61 Å². The first kappa shape index (κ1) is 79.1. The molecule has 2 N–H and O–H groups in total. The second kappa shape index (κ2) is 31.7. The highest BCUT2D eigenvalue weighted by molar-refractivity contribution is 8.00. The van der Waals surface area contributed by atoms with Gasteiger partial charge in [-0.05, 0) is 48.6 Å². The zero-order valence-electron chi connectivity index (χ0n) is 58.2. The molecule has 10 aromatic rings. The molecule has 1 fully saturated rings. The van der Waals surface area contributed by atoms with E-state index in [1.54, 1.807) is 21.1 Å². The highest BCUT2D eigenvalue weighted by Gasteiger charge is 2.53. The number of hydrogen-bond donors (Lipinski definition) is 2. The fraction of sp³-hybridized carbons (Fsp3) is 0.171. The maximum Gasteiger partial charge on any atom is 0.303 e. The minimum Gasteiger partial charge on any atom is -0.463 e. The molecule has 0 unspecified atom stereocenters. The summed E-state index contributed by atoms with van der Waals surface area (Å²) in [6.07, 6.45) is 3.88. The van der Waals surface area contributed by atoms with E-state index in [9.17, 15) is 19.2 Å². The molecule has 1 saturated heterocycles. The Labute approximate surface area is 638 Å². The van der Waals surface area contributed by atoms with Gasteiger partial charge in [0, 0.05) is 123 Å². The molecular formula is C76H50F16N7O9S4+3. The molecule has 3 aliphatic heterocycles. The quantitative estimate of drug-likeness (QED) is 0.0288. The molecule has 576 valence electrons. The maximum atomic E-state index is 18.0.